The Morgan fingerprint density at radius 2 is 1.95 bits per heavy atom. The quantitative estimate of drug-likeness (QED) is 0.390. The SMILES string of the molecule is Cc1cc(Nc2nncn2[C@H]2CCc3sc(NC(=O)C4CC4)c(C(=O)NCC4CC4)c3C2)n(C2CC2)n1. The second-order valence-corrected chi connectivity index (χ2v) is 12.2. The number of aryl methyl sites for hydroxylation is 2. The Labute approximate surface area is 219 Å². The lowest BCUT2D eigenvalue weighted by molar-refractivity contribution is -0.117. The molecule has 194 valence electrons. The number of anilines is 3. The number of fused-ring (bicyclic) bond motifs is 1. The summed E-state index contributed by atoms with van der Waals surface area (Å²) in [7, 11) is 0. The van der Waals surface area contributed by atoms with Gasteiger partial charge in [-0.15, -0.1) is 21.5 Å². The predicted molar refractivity (Wildman–Crippen MR) is 140 cm³/mol. The molecule has 0 unspecified atom stereocenters. The van der Waals surface area contributed by atoms with E-state index in [1.54, 1.807) is 17.7 Å². The van der Waals surface area contributed by atoms with Gasteiger partial charge in [0.15, 0.2) is 0 Å². The second-order valence-electron chi connectivity index (χ2n) is 11.1. The van der Waals surface area contributed by atoms with E-state index in [-0.39, 0.29) is 23.8 Å². The topological polar surface area (TPSA) is 119 Å². The number of carbonyl (C=O) groups excluding carboxylic acids is 2. The molecule has 3 aromatic heterocycles. The van der Waals surface area contributed by atoms with Crippen molar-refractivity contribution in [3.8, 4) is 0 Å². The Morgan fingerprint density at radius 1 is 1.11 bits per heavy atom. The molecule has 0 aromatic carbocycles. The normalized spacial score (nSPS) is 20.9. The van der Waals surface area contributed by atoms with Crippen molar-refractivity contribution in [2.24, 2.45) is 11.8 Å². The molecule has 0 radical (unpaired) electrons. The highest BCUT2D eigenvalue weighted by molar-refractivity contribution is 7.17. The Kier molecular flexibility index (Phi) is 5.56. The first-order valence-corrected chi connectivity index (χ1v) is 14.3. The molecule has 11 heteroatoms. The van der Waals surface area contributed by atoms with Crippen LogP contribution in [-0.2, 0) is 17.6 Å². The molecule has 4 aliphatic carbocycles. The number of nitrogens with zero attached hydrogens (tertiary/aromatic N) is 5. The molecule has 37 heavy (non-hydrogen) atoms. The van der Waals surface area contributed by atoms with Gasteiger partial charge in [-0.2, -0.15) is 5.10 Å². The zero-order valence-corrected chi connectivity index (χ0v) is 21.8. The third kappa shape index (κ3) is 4.65. The number of rotatable bonds is 9. The summed E-state index contributed by atoms with van der Waals surface area (Å²) in [6, 6.07) is 2.61. The number of carbonyl (C=O) groups is 2. The van der Waals surface area contributed by atoms with Crippen LogP contribution >= 0.6 is 11.3 Å². The van der Waals surface area contributed by atoms with Crippen molar-refractivity contribution in [1.29, 1.82) is 0 Å². The number of nitrogens with one attached hydrogen (secondary N) is 3. The van der Waals surface area contributed by atoms with Crippen molar-refractivity contribution < 1.29 is 9.59 Å². The summed E-state index contributed by atoms with van der Waals surface area (Å²) in [5.41, 5.74) is 2.69. The van der Waals surface area contributed by atoms with E-state index in [1.165, 1.54) is 17.7 Å². The van der Waals surface area contributed by atoms with Gasteiger partial charge in [-0.1, -0.05) is 0 Å². The molecule has 2 amide bonds. The molecule has 1 atom stereocenters. The summed E-state index contributed by atoms with van der Waals surface area (Å²) in [6.07, 6.45) is 10.8. The van der Waals surface area contributed by atoms with E-state index in [4.69, 9.17) is 0 Å². The smallest absolute Gasteiger partial charge is 0.254 e. The highest BCUT2D eigenvalue weighted by Gasteiger charge is 2.35. The van der Waals surface area contributed by atoms with Gasteiger partial charge in [0.25, 0.3) is 5.91 Å². The lowest BCUT2D eigenvalue weighted by atomic mass is 9.91. The molecule has 0 aliphatic heterocycles. The zero-order valence-electron chi connectivity index (χ0n) is 21.0. The third-order valence-electron chi connectivity index (χ3n) is 7.85. The molecule has 3 heterocycles. The van der Waals surface area contributed by atoms with E-state index < -0.39 is 0 Å². The molecular weight excluding hydrogens is 488 g/mol. The molecule has 10 nitrogen and oxygen atoms in total. The van der Waals surface area contributed by atoms with Gasteiger partial charge in [-0.05, 0) is 76.2 Å². The molecule has 0 saturated heterocycles. The van der Waals surface area contributed by atoms with Crippen LogP contribution in [0.15, 0.2) is 12.4 Å². The average molecular weight is 521 g/mol. The van der Waals surface area contributed by atoms with Crippen molar-refractivity contribution in [3.05, 3.63) is 34.1 Å². The largest absolute Gasteiger partial charge is 0.352 e. The minimum atomic E-state index is -0.0675. The summed E-state index contributed by atoms with van der Waals surface area (Å²) < 4.78 is 4.15. The second kappa shape index (κ2) is 8.97. The summed E-state index contributed by atoms with van der Waals surface area (Å²) in [5, 5.41) is 23.7. The van der Waals surface area contributed by atoms with Crippen LogP contribution in [0, 0.1) is 18.8 Å². The minimum Gasteiger partial charge on any atom is -0.352 e. The lowest BCUT2D eigenvalue weighted by Gasteiger charge is -2.25. The van der Waals surface area contributed by atoms with Gasteiger partial charge >= 0.3 is 0 Å². The maximum absolute atomic E-state index is 13.4. The summed E-state index contributed by atoms with van der Waals surface area (Å²) in [6.45, 7) is 2.71. The molecule has 3 saturated carbocycles. The molecule has 0 bridgehead atoms. The summed E-state index contributed by atoms with van der Waals surface area (Å²) >= 11 is 1.57. The van der Waals surface area contributed by atoms with Crippen LogP contribution in [0.4, 0.5) is 16.8 Å². The standard InChI is InChI=1S/C26H32N8O2S/c1-14-10-21(34(32-14)17-6-7-17)29-26-31-28-13-33(26)18-8-9-20-19(11-18)22(24(36)27-12-15-2-3-15)25(37-20)30-23(35)16-4-5-16/h10,13,15-18H,2-9,11-12H2,1H3,(H,27,36)(H,29,31)(H,30,35)/t18-/m0/s1. The van der Waals surface area contributed by atoms with Crippen molar-refractivity contribution in [3.63, 3.8) is 0 Å². The van der Waals surface area contributed by atoms with E-state index in [2.05, 4.69) is 40.5 Å². The maximum atomic E-state index is 13.4. The molecule has 3 aromatic rings. The monoisotopic (exact) mass is 520 g/mol. The molecule has 7 rings (SSSR count). The van der Waals surface area contributed by atoms with Gasteiger partial charge in [0.1, 0.15) is 17.1 Å². The van der Waals surface area contributed by atoms with Gasteiger partial charge in [-0.25, -0.2) is 4.68 Å². The molecule has 3 fully saturated rings. The fourth-order valence-corrected chi connectivity index (χ4v) is 6.50. The highest BCUT2D eigenvalue weighted by Crippen LogP contribution is 2.43. The predicted octanol–water partition coefficient (Wildman–Crippen LogP) is 4.14. The molecule has 4 aliphatic rings. The number of hydrogen-bond acceptors (Lipinski definition) is 7. The van der Waals surface area contributed by atoms with Crippen molar-refractivity contribution in [2.75, 3.05) is 17.2 Å². The van der Waals surface area contributed by atoms with E-state index in [0.29, 0.717) is 41.4 Å². The zero-order chi connectivity index (χ0) is 25.1. The lowest BCUT2D eigenvalue weighted by Crippen LogP contribution is -2.28. The minimum absolute atomic E-state index is 0.0410. The average Bonchev–Trinajstić information content (AvgIpc) is 3.79. The fraction of sp³-hybridized carbons (Fsp3) is 0.577. The van der Waals surface area contributed by atoms with Crippen LogP contribution in [0.1, 0.15) is 83.5 Å². The van der Waals surface area contributed by atoms with E-state index in [1.807, 2.05) is 13.0 Å². The van der Waals surface area contributed by atoms with Crippen molar-refractivity contribution in [2.45, 2.75) is 76.8 Å². The summed E-state index contributed by atoms with van der Waals surface area (Å²) in [5.74, 6) is 2.28. The Hall–Kier alpha value is -3.21. The Morgan fingerprint density at radius 3 is 2.70 bits per heavy atom. The van der Waals surface area contributed by atoms with Gasteiger partial charge in [0.2, 0.25) is 11.9 Å². The Bertz CT molecular complexity index is 1360. The van der Waals surface area contributed by atoms with Crippen LogP contribution in [0.2, 0.25) is 0 Å². The molecule has 0 spiro atoms. The number of thiophene rings is 1. The summed E-state index contributed by atoms with van der Waals surface area (Å²) in [4.78, 5) is 27.2. The highest BCUT2D eigenvalue weighted by atomic mass is 32.1. The van der Waals surface area contributed by atoms with Crippen LogP contribution in [0.3, 0.4) is 0 Å². The fourth-order valence-electron chi connectivity index (χ4n) is 5.26. The number of hydrogen-bond donors (Lipinski definition) is 3. The number of amides is 2. The van der Waals surface area contributed by atoms with Gasteiger partial charge in [0, 0.05) is 29.4 Å². The molecular formula is C26H32N8O2S. The van der Waals surface area contributed by atoms with Crippen LogP contribution in [0.5, 0.6) is 0 Å². The van der Waals surface area contributed by atoms with Crippen LogP contribution < -0.4 is 16.0 Å². The van der Waals surface area contributed by atoms with E-state index in [0.717, 1.165) is 55.6 Å². The van der Waals surface area contributed by atoms with Crippen LogP contribution in [-0.4, -0.2) is 42.9 Å². The van der Waals surface area contributed by atoms with Gasteiger partial charge in [-0.3, -0.25) is 14.2 Å². The third-order valence-corrected chi connectivity index (χ3v) is 9.06. The van der Waals surface area contributed by atoms with E-state index >= 15 is 0 Å². The van der Waals surface area contributed by atoms with Gasteiger partial charge < -0.3 is 16.0 Å². The Balaban J connectivity index is 1.16. The maximum Gasteiger partial charge on any atom is 0.254 e. The van der Waals surface area contributed by atoms with E-state index in [9.17, 15) is 9.59 Å². The van der Waals surface area contributed by atoms with Gasteiger partial charge in [0.05, 0.1) is 17.3 Å². The van der Waals surface area contributed by atoms with Crippen molar-refractivity contribution in [1.82, 2.24) is 29.9 Å². The van der Waals surface area contributed by atoms with Crippen LogP contribution in [0.25, 0.3) is 0 Å². The first kappa shape index (κ1) is 22.9. The number of aromatic nitrogens is 5. The van der Waals surface area contributed by atoms with Crippen molar-refractivity contribution >= 4 is 39.9 Å². The first-order chi connectivity index (χ1) is 18.0. The molecule has 3 N–H and O–H groups in total. The first-order valence-electron chi connectivity index (χ1n) is 13.5.